The van der Waals surface area contributed by atoms with Gasteiger partial charge >= 0.3 is 0 Å². The van der Waals surface area contributed by atoms with E-state index < -0.39 is 0 Å². The first-order valence-electron chi connectivity index (χ1n) is 4.18. The summed E-state index contributed by atoms with van der Waals surface area (Å²) >= 11 is 4.10. The maximum Gasteiger partial charge on any atom is 0.0585 e. The van der Waals surface area contributed by atoms with Gasteiger partial charge in [0.2, 0.25) is 0 Å². The van der Waals surface area contributed by atoms with E-state index in [9.17, 15) is 0 Å². The van der Waals surface area contributed by atoms with Gasteiger partial charge in [0, 0.05) is 8.96 Å². The average molecular weight is 303 g/mol. The lowest BCUT2D eigenvalue weighted by Crippen LogP contribution is -1.93. The molecule has 68 valence electrons. The highest BCUT2D eigenvalue weighted by atomic mass is 127. The van der Waals surface area contributed by atoms with Gasteiger partial charge in [0.1, 0.15) is 0 Å². The molecule has 3 heteroatoms. The highest BCUT2D eigenvalue weighted by Gasteiger charge is 2.07. The number of aryl methyl sites for hydroxylation is 1. The molecule has 0 fully saturated rings. The Morgan fingerprint density at radius 1 is 1.54 bits per heavy atom. The topological polar surface area (TPSA) is 26.0 Å². The van der Waals surface area contributed by atoms with Crippen LogP contribution in [0.3, 0.4) is 0 Å². The third-order valence-corrected chi connectivity index (χ3v) is 4.04. The van der Waals surface area contributed by atoms with Crippen LogP contribution in [0, 0.1) is 3.57 Å². The number of fused-ring (bicyclic) bond motifs is 1. The molecule has 0 radical (unpaired) electrons. The van der Waals surface area contributed by atoms with Gasteiger partial charge in [-0.05, 0) is 52.1 Å². The number of benzene rings is 1. The molecule has 2 N–H and O–H groups in total. The monoisotopic (exact) mass is 303 g/mol. The van der Waals surface area contributed by atoms with Crippen molar-refractivity contribution in [3.05, 3.63) is 26.6 Å². The third-order valence-electron chi connectivity index (χ3n) is 2.19. The molecule has 2 rings (SSSR count). The Morgan fingerprint density at radius 2 is 2.31 bits per heavy atom. The van der Waals surface area contributed by atoms with E-state index in [1.807, 2.05) is 0 Å². The van der Waals surface area contributed by atoms with E-state index in [-0.39, 0.29) is 0 Å². The van der Waals surface area contributed by atoms with Gasteiger partial charge in [-0.2, -0.15) is 0 Å². The number of rotatable bonds is 1. The second-order valence-electron chi connectivity index (χ2n) is 2.95. The first-order valence-corrected chi connectivity index (χ1v) is 6.14. The lowest BCUT2D eigenvalue weighted by Gasteiger charge is -2.05. The van der Waals surface area contributed by atoms with E-state index in [2.05, 4.69) is 47.0 Å². The molecule has 0 amide bonds. The standard InChI is InChI=1S/C10H10INS/c1-2-6-5-8(11)7-3-4-13-10(7)9(6)12/h3-5H,2,12H2,1H3. The van der Waals surface area contributed by atoms with Crippen molar-refractivity contribution < 1.29 is 0 Å². The maximum atomic E-state index is 6.05. The largest absolute Gasteiger partial charge is 0.397 e. The Labute approximate surface area is 95.1 Å². The van der Waals surface area contributed by atoms with E-state index in [0.29, 0.717) is 0 Å². The molecule has 1 heterocycles. The minimum absolute atomic E-state index is 0.966. The summed E-state index contributed by atoms with van der Waals surface area (Å²) in [4.78, 5) is 0. The zero-order valence-corrected chi connectivity index (χ0v) is 10.3. The van der Waals surface area contributed by atoms with Gasteiger partial charge in [-0.15, -0.1) is 11.3 Å². The van der Waals surface area contributed by atoms with E-state index in [1.54, 1.807) is 11.3 Å². The number of thiophene rings is 1. The molecule has 0 aliphatic carbocycles. The fourth-order valence-electron chi connectivity index (χ4n) is 1.45. The van der Waals surface area contributed by atoms with E-state index in [4.69, 9.17) is 5.73 Å². The minimum Gasteiger partial charge on any atom is -0.397 e. The number of hydrogen-bond donors (Lipinski definition) is 1. The van der Waals surface area contributed by atoms with Crippen LogP contribution in [0.1, 0.15) is 12.5 Å². The zero-order chi connectivity index (χ0) is 9.42. The molecular weight excluding hydrogens is 293 g/mol. The van der Waals surface area contributed by atoms with Crippen LogP contribution in [0.4, 0.5) is 5.69 Å². The molecule has 0 atom stereocenters. The van der Waals surface area contributed by atoms with Crippen molar-refractivity contribution in [2.75, 3.05) is 5.73 Å². The third kappa shape index (κ3) is 1.44. The van der Waals surface area contributed by atoms with Crippen molar-refractivity contribution >= 4 is 49.7 Å². The van der Waals surface area contributed by atoms with Gasteiger partial charge in [-0.3, -0.25) is 0 Å². The van der Waals surface area contributed by atoms with Crippen LogP contribution in [0.15, 0.2) is 17.5 Å². The fourth-order valence-corrected chi connectivity index (χ4v) is 3.36. The van der Waals surface area contributed by atoms with Crippen molar-refractivity contribution in [1.82, 2.24) is 0 Å². The van der Waals surface area contributed by atoms with Gasteiger partial charge in [0.05, 0.1) is 10.4 Å². The van der Waals surface area contributed by atoms with Gasteiger partial charge < -0.3 is 5.73 Å². The Bertz CT molecular complexity index is 447. The summed E-state index contributed by atoms with van der Waals surface area (Å²) in [5.41, 5.74) is 8.28. The molecule has 0 spiro atoms. The first-order chi connectivity index (χ1) is 6.24. The van der Waals surface area contributed by atoms with Crippen molar-refractivity contribution in [3.8, 4) is 0 Å². The lowest BCUT2D eigenvalue weighted by molar-refractivity contribution is 1.15. The Hall–Kier alpha value is -0.290. The lowest BCUT2D eigenvalue weighted by atomic mass is 10.1. The summed E-state index contributed by atoms with van der Waals surface area (Å²) in [5.74, 6) is 0. The zero-order valence-electron chi connectivity index (χ0n) is 7.30. The maximum absolute atomic E-state index is 6.05. The second kappa shape index (κ2) is 3.46. The Morgan fingerprint density at radius 3 is 3.00 bits per heavy atom. The van der Waals surface area contributed by atoms with Gasteiger partial charge in [-0.1, -0.05) is 6.92 Å². The first kappa shape index (κ1) is 9.27. The smallest absolute Gasteiger partial charge is 0.0585 e. The molecule has 13 heavy (non-hydrogen) atoms. The van der Waals surface area contributed by atoms with Crippen LogP contribution in [0.25, 0.3) is 10.1 Å². The van der Waals surface area contributed by atoms with E-state index in [0.717, 1.165) is 12.1 Å². The van der Waals surface area contributed by atoms with Gasteiger partial charge in [0.25, 0.3) is 0 Å². The summed E-state index contributed by atoms with van der Waals surface area (Å²) in [6.07, 6.45) is 1.01. The molecule has 0 unspecified atom stereocenters. The predicted molar refractivity (Wildman–Crippen MR) is 68.3 cm³/mol. The summed E-state index contributed by atoms with van der Waals surface area (Å²) in [6.45, 7) is 2.14. The number of hydrogen-bond acceptors (Lipinski definition) is 2. The van der Waals surface area contributed by atoms with Crippen molar-refractivity contribution in [3.63, 3.8) is 0 Å². The predicted octanol–water partition coefficient (Wildman–Crippen LogP) is 3.65. The summed E-state index contributed by atoms with van der Waals surface area (Å²) in [6, 6.07) is 4.32. The molecule has 1 aromatic heterocycles. The molecule has 0 aliphatic rings. The number of anilines is 1. The number of halogens is 1. The van der Waals surface area contributed by atoms with Crippen LogP contribution in [0.5, 0.6) is 0 Å². The second-order valence-corrected chi connectivity index (χ2v) is 5.03. The average Bonchev–Trinajstić information content (AvgIpc) is 2.60. The summed E-state index contributed by atoms with van der Waals surface area (Å²) in [7, 11) is 0. The highest BCUT2D eigenvalue weighted by Crippen LogP contribution is 2.33. The minimum atomic E-state index is 0.966. The van der Waals surface area contributed by atoms with Crippen molar-refractivity contribution in [2.45, 2.75) is 13.3 Å². The van der Waals surface area contributed by atoms with Crippen LogP contribution in [-0.4, -0.2) is 0 Å². The Balaban J connectivity index is 2.85. The van der Waals surface area contributed by atoms with Gasteiger partial charge in [0.15, 0.2) is 0 Å². The molecule has 0 bridgehead atoms. The van der Waals surface area contributed by atoms with Crippen LogP contribution in [-0.2, 0) is 6.42 Å². The molecule has 0 saturated heterocycles. The molecule has 2 aromatic rings. The number of nitrogens with two attached hydrogens (primary N) is 1. The van der Waals surface area contributed by atoms with E-state index in [1.165, 1.54) is 19.2 Å². The molecule has 0 aliphatic heterocycles. The van der Waals surface area contributed by atoms with Gasteiger partial charge in [-0.25, -0.2) is 0 Å². The molecule has 0 saturated carbocycles. The van der Waals surface area contributed by atoms with E-state index >= 15 is 0 Å². The van der Waals surface area contributed by atoms with Crippen molar-refractivity contribution in [2.24, 2.45) is 0 Å². The molecule has 1 aromatic carbocycles. The molecule has 1 nitrogen and oxygen atoms in total. The SMILES string of the molecule is CCc1cc(I)c2ccsc2c1N. The normalized spacial score (nSPS) is 10.9. The van der Waals surface area contributed by atoms with Crippen LogP contribution >= 0.6 is 33.9 Å². The molecular formula is C10H10INS. The van der Waals surface area contributed by atoms with Crippen LogP contribution in [0.2, 0.25) is 0 Å². The quantitative estimate of drug-likeness (QED) is 0.631. The highest BCUT2D eigenvalue weighted by molar-refractivity contribution is 14.1. The number of nitrogen functional groups attached to an aromatic ring is 1. The fraction of sp³-hybridized carbons (Fsp3) is 0.200. The summed E-state index contributed by atoms with van der Waals surface area (Å²) < 4.78 is 2.55. The van der Waals surface area contributed by atoms with Crippen LogP contribution < -0.4 is 5.73 Å². The van der Waals surface area contributed by atoms with Crippen molar-refractivity contribution in [1.29, 1.82) is 0 Å². The Kier molecular flexibility index (Phi) is 2.47. The summed E-state index contributed by atoms with van der Waals surface area (Å²) in [5, 5.41) is 3.39.